The molecule has 0 saturated heterocycles. The summed E-state index contributed by atoms with van der Waals surface area (Å²) in [6, 6.07) is 5.30. The Morgan fingerprint density at radius 1 is 1.53 bits per heavy atom. The van der Waals surface area contributed by atoms with E-state index in [-0.39, 0.29) is 24.3 Å². The molecule has 1 aromatic rings. The van der Waals surface area contributed by atoms with Gasteiger partial charge in [0.1, 0.15) is 0 Å². The number of nitrogens with two attached hydrogens (primary N) is 1. The molecule has 5 heteroatoms. The Hall–Kier alpha value is -1.88. The van der Waals surface area contributed by atoms with Gasteiger partial charge in [-0.1, -0.05) is 6.07 Å². The van der Waals surface area contributed by atoms with Gasteiger partial charge in [-0.2, -0.15) is 0 Å². The molecule has 1 atom stereocenters. The van der Waals surface area contributed by atoms with E-state index in [0.717, 1.165) is 18.5 Å². The second-order valence-corrected chi connectivity index (χ2v) is 5.08. The van der Waals surface area contributed by atoms with E-state index in [0.29, 0.717) is 11.3 Å². The van der Waals surface area contributed by atoms with Crippen LogP contribution in [0, 0.1) is 0 Å². The SMILES string of the molecule is CC(N)CC(=O)Nc1ccc2c(c1)C(=O)N(C)CC2. The number of carbonyl (C=O) groups excluding carboxylic acids is 2. The van der Waals surface area contributed by atoms with E-state index in [1.165, 1.54) is 0 Å². The Bertz CT molecular complexity index is 511. The average Bonchev–Trinajstić information content (AvgIpc) is 2.33. The van der Waals surface area contributed by atoms with Crippen molar-refractivity contribution in [3.63, 3.8) is 0 Å². The molecule has 5 nitrogen and oxygen atoms in total. The van der Waals surface area contributed by atoms with Crippen molar-refractivity contribution >= 4 is 17.5 Å². The summed E-state index contributed by atoms with van der Waals surface area (Å²) < 4.78 is 0. The van der Waals surface area contributed by atoms with Gasteiger partial charge in [0, 0.05) is 37.3 Å². The maximum atomic E-state index is 12.0. The molecule has 0 spiro atoms. The molecule has 0 aliphatic carbocycles. The van der Waals surface area contributed by atoms with Crippen LogP contribution < -0.4 is 11.1 Å². The highest BCUT2D eigenvalue weighted by Crippen LogP contribution is 2.22. The third kappa shape index (κ3) is 3.12. The summed E-state index contributed by atoms with van der Waals surface area (Å²) in [6.45, 7) is 2.52. The van der Waals surface area contributed by atoms with Crippen LogP contribution in [0.1, 0.15) is 29.3 Å². The maximum absolute atomic E-state index is 12.0. The Morgan fingerprint density at radius 3 is 2.95 bits per heavy atom. The van der Waals surface area contributed by atoms with E-state index in [4.69, 9.17) is 5.73 Å². The minimum atomic E-state index is -0.176. The standard InChI is InChI=1S/C14H19N3O2/c1-9(15)7-13(18)16-11-4-3-10-5-6-17(2)14(19)12(10)8-11/h3-4,8-9H,5-7,15H2,1-2H3,(H,16,18). The number of nitrogens with zero attached hydrogens (tertiary/aromatic N) is 1. The summed E-state index contributed by atoms with van der Waals surface area (Å²) in [5, 5.41) is 2.77. The molecule has 0 bridgehead atoms. The predicted octanol–water partition coefficient (Wildman–Crippen LogP) is 0.990. The molecule has 1 aliphatic rings. The molecule has 0 aromatic heterocycles. The number of nitrogens with one attached hydrogen (secondary N) is 1. The van der Waals surface area contributed by atoms with Crippen LogP contribution in [0.25, 0.3) is 0 Å². The van der Waals surface area contributed by atoms with Crippen molar-refractivity contribution < 1.29 is 9.59 Å². The highest BCUT2D eigenvalue weighted by Gasteiger charge is 2.21. The Kier molecular flexibility index (Phi) is 3.85. The predicted molar refractivity (Wildman–Crippen MR) is 74.0 cm³/mol. The number of carbonyl (C=O) groups is 2. The zero-order valence-electron chi connectivity index (χ0n) is 11.3. The number of hydrogen-bond donors (Lipinski definition) is 2. The monoisotopic (exact) mass is 261 g/mol. The molecule has 1 aliphatic heterocycles. The van der Waals surface area contributed by atoms with Crippen LogP contribution in [0.15, 0.2) is 18.2 Å². The van der Waals surface area contributed by atoms with E-state index in [1.807, 2.05) is 12.1 Å². The van der Waals surface area contributed by atoms with Crippen molar-refractivity contribution in [1.29, 1.82) is 0 Å². The first-order valence-electron chi connectivity index (χ1n) is 6.41. The fourth-order valence-electron chi connectivity index (χ4n) is 2.17. The molecule has 2 amide bonds. The molecule has 0 saturated carbocycles. The van der Waals surface area contributed by atoms with Gasteiger partial charge in [0.25, 0.3) is 5.91 Å². The van der Waals surface area contributed by atoms with Crippen molar-refractivity contribution in [3.05, 3.63) is 29.3 Å². The molecule has 3 N–H and O–H groups in total. The second-order valence-electron chi connectivity index (χ2n) is 5.08. The van der Waals surface area contributed by atoms with Gasteiger partial charge in [0.05, 0.1) is 0 Å². The van der Waals surface area contributed by atoms with Crippen molar-refractivity contribution in [2.75, 3.05) is 18.9 Å². The van der Waals surface area contributed by atoms with E-state index >= 15 is 0 Å². The second kappa shape index (κ2) is 5.40. The molecule has 0 radical (unpaired) electrons. The molecular formula is C14H19N3O2. The fraction of sp³-hybridized carbons (Fsp3) is 0.429. The fourth-order valence-corrected chi connectivity index (χ4v) is 2.17. The van der Waals surface area contributed by atoms with Gasteiger partial charge in [0.2, 0.25) is 5.91 Å². The zero-order chi connectivity index (χ0) is 14.0. The van der Waals surface area contributed by atoms with E-state index in [2.05, 4.69) is 5.32 Å². The molecular weight excluding hydrogens is 242 g/mol. The lowest BCUT2D eigenvalue weighted by Gasteiger charge is -2.25. The van der Waals surface area contributed by atoms with Crippen LogP contribution in [-0.4, -0.2) is 36.3 Å². The van der Waals surface area contributed by atoms with Gasteiger partial charge >= 0.3 is 0 Å². The lowest BCUT2D eigenvalue weighted by Crippen LogP contribution is -2.34. The van der Waals surface area contributed by atoms with Gasteiger partial charge in [-0.15, -0.1) is 0 Å². The lowest BCUT2D eigenvalue weighted by molar-refractivity contribution is -0.116. The molecule has 2 rings (SSSR count). The summed E-state index contributed by atoms with van der Waals surface area (Å²) in [5.74, 6) is -0.129. The van der Waals surface area contributed by atoms with Gasteiger partial charge in [-0.05, 0) is 31.0 Å². The first-order valence-corrected chi connectivity index (χ1v) is 6.41. The quantitative estimate of drug-likeness (QED) is 0.852. The van der Waals surface area contributed by atoms with Crippen molar-refractivity contribution in [3.8, 4) is 0 Å². The van der Waals surface area contributed by atoms with Crippen LogP contribution in [-0.2, 0) is 11.2 Å². The molecule has 1 aromatic carbocycles. The number of benzene rings is 1. The third-order valence-corrected chi connectivity index (χ3v) is 3.19. The molecule has 0 fully saturated rings. The minimum Gasteiger partial charge on any atom is -0.341 e. The number of fused-ring (bicyclic) bond motifs is 1. The number of anilines is 1. The summed E-state index contributed by atoms with van der Waals surface area (Å²) in [6.07, 6.45) is 1.12. The van der Waals surface area contributed by atoms with Crippen molar-refractivity contribution in [2.45, 2.75) is 25.8 Å². The molecule has 1 unspecified atom stereocenters. The number of hydrogen-bond acceptors (Lipinski definition) is 3. The zero-order valence-corrected chi connectivity index (χ0v) is 11.3. The first-order chi connectivity index (χ1) is 8.97. The molecule has 102 valence electrons. The lowest BCUT2D eigenvalue weighted by atomic mass is 9.98. The van der Waals surface area contributed by atoms with Gasteiger partial charge in [0.15, 0.2) is 0 Å². The van der Waals surface area contributed by atoms with Crippen molar-refractivity contribution in [1.82, 2.24) is 4.90 Å². The molecule has 19 heavy (non-hydrogen) atoms. The first kappa shape index (κ1) is 13.5. The topological polar surface area (TPSA) is 75.4 Å². The van der Waals surface area contributed by atoms with E-state index in [9.17, 15) is 9.59 Å². The number of amides is 2. The van der Waals surface area contributed by atoms with E-state index in [1.54, 1.807) is 24.9 Å². The van der Waals surface area contributed by atoms with E-state index < -0.39 is 0 Å². The number of likely N-dealkylation sites (N-methyl/N-ethyl adjacent to an activating group) is 1. The highest BCUT2D eigenvalue weighted by atomic mass is 16.2. The summed E-state index contributed by atoms with van der Waals surface area (Å²) in [4.78, 5) is 25.4. The number of rotatable bonds is 3. The van der Waals surface area contributed by atoms with Gasteiger partial charge in [-0.3, -0.25) is 9.59 Å². The Morgan fingerprint density at radius 2 is 2.26 bits per heavy atom. The minimum absolute atomic E-state index is 0.00421. The summed E-state index contributed by atoms with van der Waals surface area (Å²) in [5.41, 5.74) is 7.93. The molecule has 1 heterocycles. The Labute approximate surface area is 112 Å². The van der Waals surface area contributed by atoms with Crippen molar-refractivity contribution in [2.24, 2.45) is 5.73 Å². The van der Waals surface area contributed by atoms with Crippen LogP contribution in [0.4, 0.5) is 5.69 Å². The Balaban J connectivity index is 2.16. The van der Waals surface area contributed by atoms with Crippen LogP contribution >= 0.6 is 0 Å². The van der Waals surface area contributed by atoms with Crippen LogP contribution in [0.2, 0.25) is 0 Å². The normalized spacial score (nSPS) is 15.9. The van der Waals surface area contributed by atoms with Crippen LogP contribution in [0.5, 0.6) is 0 Å². The highest BCUT2D eigenvalue weighted by molar-refractivity contribution is 5.99. The summed E-state index contributed by atoms with van der Waals surface area (Å²) in [7, 11) is 1.78. The maximum Gasteiger partial charge on any atom is 0.253 e. The summed E-state index contributed by atoms with van der Waals surface area (Å²) >= 11 is 0. The van der Waals surface area contributed by atoms with Gasteiger partial charge in [-0.25, -0.2) is 0 Å². The van der Waals surface area contributed by atoms with Crippen LogP contribution in [0.3, 0.4) is 0 Å². The average molecular weight is 261 g/mol. The third-order valence-electron chi connectivity index (χ3n) is 3.19. The van der Waals surface area contributed by atoms with Gasteiger partial charge < -0.3 is 16.0 Å². The largest absolute Gasteiger partial charge is 0.341 e. The smallest absolute Gasteiger partial charge is 0.253 e.